The number of benzene rings is 2. The van der Waals surface area contributed by atoms with Crippen molar-refractivity contribution in [3.8, 4) is 5.75 Å². The van der Waals surface area contributed by atoms with Crippen LogP contribution in [0.5, 0.6) is 5.75 Å². The van der Waals surface area contributed by atoms with Crippen molar-refractivity contribution in [1.82, 2.24) is 0 Å². The van der Waals surface area contributed by atoms with E-state index >= 15 is 0 Å². The van der Waals surface area contributed by atoms with Gasteiger partial charge in [-0.05, 0) is 54.6 Å². The third kappa shape index (κ3) is 4.25. The molecule has 0 aliphatic carbocycles. The molecule has 128 valence electrons. The maximum Gasteiger partial charge on any atom is 0.265 e. The molecule has 0 radical (unpaired) electrons. The zero-order valence-electron chi connectivity index (χ0n) is 14.0. The number of hydrogen-bond donors (Lipinski definition) is 1. The number of anilines is 1. The van der Waals surface area contributed by atoms with Gasteiger partial charge in [0.2, 0.25) is 0 Å². The summed E-state index contributed by atoms with van der Waals surface area (Å²) in [5, 5.41) is 4.49. The molecule has 3 nitrogen and oxygen atoms in total. The van der Waals surface area contributed by atoms with Crippen LogP contribution in [0.4, 0.5) is 10.1 Å². The maximum absolute atomic E-state index is 13.8. The lowest BCUT2D eigenvalue weighted by Gasteiger charge is -2.07. The minimum Gasteiger partial charge on any atom is -0.489 e. The van der Waals surface area contributed by atoms with Gasteiger partial charge in [-0.25, -0.2) is 4.39 Å². The number of thiophene rings is 1. The fraction of sp³-hybridized carbons (Fsp3) is 0.150. The second kappa shape index (κ2) is 7.49. The molecular weight excluding hydrogens is 337 g/mol. The van der Waals surface area contributed by atoms with Gasteiger partial charge in [0.1, 0.15) is 18.2 Å². The molecule has 3 aromatic rings. The van der Waals surface area contributed by atoms with Gasteiger partial charge in [-0.1, -0.05) is 24.3 Å². The average molecular weight is 355 g/mol. The van der Waals surface area contributed by atoms with Gasteiger partial charge in [-0.2, -0.15) is 0 Å². The monoisotopic (exact) mass is 355 g/mol. The quantitative estimate of drug-likeness (QED) is 0.671. The van der Waals surface area contributed by atoms with Gasteiger partial charge < -0.3 is 10.1 Å². The molecule has 0 aliphatic rings. The fourth-order valence-corrected chi connectivity index (χ4v) is 3.16. The second-order valence-electron chi connectivity index (χ2n) is 5.81. The summed E-state index contributed by atoms with van der Waals surface area (Å²) in [5.74, 6) is 0.0526. The predicted molar refractivity (Wildman–Crippen MR) is 98.9 cm³/mol. The Morgan fingerprint density at radius 2 is 1.96 bits per heavy atom. The van der Waals surface area contributed by atoms with Gasteiger partial charge in [0.05, 0.1) is 10.6 Å². The normalized spacial score (nSPS) is 10.5. The van der Waals surface area contributed by atoms with Crippen molar-refractivity contribution in [3.05, 3.63) is 81.3 Å². The molecule has 0 saturated heterocycles. The minimum atomic E-state index is -0.446. The number of hydrogen-bond acceptors (Lipinski definition) is 3. The summed E-state index contributed by atoms with van der Waals surface area (Å²) >= 11 is 1.31. The predicted octanol–water partition coefficient (Wildman–Crippen LogP) is 5.34. The third-order valence-corrected chi connectivity index (χ3v) is 4.71. The average Bonchev–Trinajstić information content (AvgIpc) is 3.06. The Hall–Kier alpha value is -2.66. The van der Waals surface area contributed by atoms with Crippen molar-refractivity contribution in [2.75, 3.05) is 5.32 Å². The summed E-state index contributed by atoms with van der Waals surface area (Å²) in [4.78, 5) is 12.8. The lowest BCUT2D eigenvalue weighted by Crippen LogP contribution is -2.11. The molecule has 5 heteroatoms. The van der Waals surface area contributed by atoms with Crippen LogP contribution < -0.4 is 10.1 Å². The zero-order valence-corrected chi connectivity index (χ0v) is 14.8. The molecule has 0 fully saturated rings. The van der Waals surface area contributed by atoms with Gasteiger partial charge in [0, 0.05) is 5.56 Å². The van der Waals surface area contributed by atoms with Crippen molar-refractivity contribution in [1.29, 1.82) is 0 Å². The van der Waals surface area contributed by atoms with E-state index in [1.807, 2.05) is 43.5 Å². The Labute approximate surface area is 150 Å². The first kappa shape index (κ1) is 17.2. The molecule has 0 atom stereocenters. The molecule has 25 heavy (non-hydrogen) atoms. The Kier molecular flexibility index (Phi) is 5.14. The molecule has 2 aromatic carbocycles. The number of para-hydroxylation sites is 1. The molecule has 1 heterocycles. The molecule has 1 amide bonds. The molecule has 1 N–H and O–H groups in total. The van der Waals surface area contributed by atoms with E-state index in [1.165, 1.54) is 17.4 Å². The van der Waals surface area contributed by atoms with Crippen LogP contribution >= 0.6 is 11.3 Å². The van der Waals surface area contributed by atoms with Crippen LogP contribution in [-0.2, 0) is 6.61 Å². The van der Waals surface area contributed by atoms with Crippen molar-refractivity contribution < 1.29 is 13.9 Å². The largest absolute Gasteiger partial charge is 0.489 e. The highest BCUT2D eigenvalue weighted by molar-refractivity contribution is 7.12. The first-order valence-electron chi connectivity index (χ1n) is 7.86. The smallest absolute Gasteiger partial charge is 0.265 e. The van der Waals surface area contributed by atoms with Crippen LogP contribution in [0.1, 0.15) is 26.4 Å². The van der Waals surface area contributed by atoms with Crippen LogP contribution in [0.15, 0.2) is 53.9 Å². The lowest BCUT2D eigenvalue weighted by atomic mass is 10.2. The highest BCUT2D eigenvalue weighted by Gasteiger charge is 2.12. The second-order valence-corrected chi connectivity index (χ2v) is 6.72. The molecule has 0 aliphatic heterocycles. The summed E-state index contributed by atoms with van der Waals surface area (Å²) in [6.45, 7) is 4.22. The van der Waals surface area contributed by atoms with Crippen LogP contribution in [-0.4, -0.2) is 5.91 Å². The van der Waals surface area contributed by atoms with Gasteiger partial charge in [0.15, 0.2) is 0 Å². The molecule has 0 spiro atoms. The number of aryl methyl sites for hydroxylation is 2. The highest BCUT2D eigenvalue weighted by atomic mass is 32.1. The molecule has 0 saturated carbocycles. The highest BCUT2D eigenvalue weighted by Crippen LogP contribution is 2.22. The van der Waals surface area contributed by atoms with E-state index in [0.717, 1.165) is 22.4 Å². The van der Waals surface area contributed by atoms with Crippen LogP contribution in [0.25, 0.3) is 0 Å². The van der Waals surface area contributed by atoms with E-state index in [9.17, 15) is 9.18 Å². The number of carbonyl (C=O) groups excluding carboxylic acids is 1. The van der Waals surface area contributed by atoms with Crippen molar-refractivity contribution in [2.24, 2.45) is 0 Å². The zero-order chi connectivity index (χ0) is 17.8. The first-order chi connectivity index (χ1) is 12.0. The number of halogens is 1. The van der Waals surface area contributed by atoms with Gasteiger partial charge >= 0.3 is 0 Å². The van der Waals surface area contributed by atoms with Crippen molar-refractivity contribution >= 4 is 22.9 Å². The first-order valence-corrected chi connectivity index (χ1v) is 8.74. The number of carbonyl (C=O) groups is 1. The SMILES string of the molecule is Cc1ccc(F)c(NC(=O)c2cc(COc3ccccc3C)cs2)c1. The standard InChI is InChI=1S/C20H18FNO2S/c1-13-7-8-16(21)17(9-13)22-20(23)19-10-15(12-25-19)11-24-18-6-4-3-5-14(18)2/h3-10,12H,11H2,1-2H3,(H,22,23). The van der Waals surface area contributed by atoms with Crippen molar-refractivity contribution in [2.45, 2.75) is 20.5 Å². The van der Waals surface area contributed by atoms with Gasteiger partial charge in [-0.15, -0.1) is 11.3 Å². The Balaban J connectivity index is 1.65. The molecule has 1 aromatic heterocycles. The van der Waals surface area contributed by atoms with Gasteiger partial charge in [-0.3, -0.25) is 4.79 Å². The summed E-state index contributed by atoms with van der Waals surface area (Å²) in [6, 6.07) is 14.2. The van der Waals surface area contributed by atoms with E-state index < -0.39 is 5.82 Å². The number of amides is 1. The minimum absolute atomic E-state index is 0.191. The number of nitrogens with one attached hydrogen (secondary N) is 1. The van der Waals surface area contributed by atoms with Crippen LogP contribution in [0.3, 0.4) is 0 Å². The van der Waals surface area contributed by atoms with E-state index in [1.54, 1.807) is 18.2 Å². The van der Waals surface area contributed by atoms with E-state index in [2.05, 4.69) is 5.32 Å². The molecule has 3 rings (SSSR count). The Bertz CT molecular complexity index is 904. The summed E-state index contributed by atoms with van der Waals surface area (Å²) in [5.41, 5.74) is 3.04. The third-order valence-electron chi connectivity index (χ3n) is 3.74. The van der Waals surface area contributed by atoms with E-state index in [0.29, 0.717) is 11.5 Å². The van der Waals surface area contributed by atoms with Crippen LogP contribution in [0.2, 0.25) is 0 Å². The van der Waals surface area contributed by atoms with Crippen LogP contribution in [0, 0.1) is 19.7 Å². The number of rotatable bonds is 5. The molecule has 0 bridgehead atoms. The Morgan fingerprint density at radius 3 is 2.76 bits per heavy atom. The topological polar surface area (TPSA) is 38.3 Å². The lowest BCUT2D eigenvalue weighted by molar-refractivity contribution is 0.103. The van der Waals surface area contributed by atoms with Gasteiger partial charge in [0.25, 0.3) is 5.91 Å². The number of ether oxygens (including phenoxy) is 1. The summed E-state index contributed by atoms with van der Waals surface area (Å²) < 4.78 is 19.5. The molecule has 0 unspecified atom stereocenters. The fourth-order valence-electron chi connectivity index (χ4n) is 2.37. The van der Waals surface area contributed by atoms with E-state index in [4.69, 9.17) is 4.74 Å². The maximum atomic E-state index is 13.8. The molecular formula is C20H18FNO2S. The summed E-state index contributed by atoms with van der Waals surface area (Å²) in [6.07, 6.45) is 0. The van der Waals surface area contributed by atoms with E-state index in [-0.39, 0.29) is 11.6 Å². The Morgan fingerprint density at radius 1 is 1.16 bits per heavy atom. The summed E-state index contributed by atoms with van der Waals surface area (Å²) in [7, 11) is 0. The van der Waals surface area contributed by atoms with Crippen molar-refractivity contribution in [3.63, 3.8) is 0 Å².